The van der Waals surface area contributed by atoms with Gasteiger partial charge in [-0.2, -0.15) is 0 Å². The van der Waals surface area contributed by atoms with E-state index >= 15 is 0 Å². The summed E-state index contributed by atoms with van der Waals surface area (Å²) in [4.78, 5) is 0. The molecule has 0 aliphatic carbocycles. The Morgan fingerprint density at radius 1 is 1.23 bits per heavy atom. The average Bonchev–Trinajstić information content (AvgIpc) is 1.96. The lowest BCUT2D eigenvalue weighted by molar-refractivity contribution is 0.543. The van der Waals surface area contributed by atoms with Crippen LogP contribution in [-0.2, 0) is 10.0 Å². The van der Waals surface area contributed by atoms with Crippen LogP contribution in [0.5, 0.6) is 0 Å². The van der Waals surface area contributed by atoms with Gasteiger partial charge in [0.1, 0.15) is 0 Å². The molecule has 0 aromatic heterocycles. The van der Waals surface area contributed by atoms with Crippen LogP contribution >= 0.6 is 22.6 Å². The molecular weight excluding hydrogens is 301 g/mol. The molecule has 0 aliphatic rings. The number of sulfonamides is 1. The van der Waals surface area contributed by atoms with Gasteiger partial charge in [-0.25, -0.2) is 13.1 Å². The highest BCUT2D eigenvalue weighted by atomic mass is 127. The predicted molar refractivity (Wildman–Crippen MR) is 64.8 cm³/mol. The Kier molecular flexibility index (Phi) is 5.77. The third kappa shape index (κ3) is 5.17. The maximum Gasteiger partial charge on any atom is 0.216 e. The summed E-state index contributed by atoms with van der Waals surface area (Å²) in [6.07, 6.45) is 1.98. The van der Waals surface area contributed by atoms with E-state index in [0.717, 1.165) is 17.3 Å². The standard InChI is InChI=1S/C8H18INO2S/c1-8(2,3)13(11,12)10-7-5-4-6-9/h10H,4-7H2,1-3H3. The van der Waals surface area contributed by atoms with Gasteiger partial charge in [-0.3, -0.25) is 0 Å². The summed E-state index contributed by atoms with van der Waals surface area (Å²) in [5, 5.41) is 0. The molecule has 0 spiro atoms. The Hall–Kier alpha value is 0.640. The summed E-state index contributed by atoms with van der Waals surface area (Å²) < 4.78 is 26.0. The monoisotopic (exact) mass is 319 g/mol. The Balaban J connectivity index is 3.92. The van der Waals surface area contributed by atoms with Gasteiger partial charge in [0.15, 0.2) is 0 Å². The molecular formula is C8H18INO2S. The van der Waals surface area contributed by atoms with E-state index in [0.29, 0.717) is 6.54 Å². The lowest BCUT2D eigenvalue weighted by Gasteiger charge is -2.19. The number of rotatable bonds is 5. The van der Waals surface area contributed by atoms with Crippen LogP contribution in [0.4, 0.5) is 0 Å². The molecule has 0 radical (unpaired) electrons. The molecule has 1 N–H and O–H groups in total. The largest absolute Gasteiger partial charge is 0.216 e. The van der Waals surface area contributed by atoms with Gasteiger partial charge in [-0.15, -0.1) is 0 Å². The highest BCUT2D eigenvalue weighted by Gasteiger charge is 2.27. The Morgan fingerprint density at radius 2 is 1.77 bits per heavy atom. The molecule has 0 aromatic rings. The minimum Gasteiger partial charge on any atom is -0.215 e. The molecule has 0 fully saturated rings. The first kappa shape index (κ1) is 13.6. The second kappa shape index (κ2) is 5.50. The average molecular weight is 319 g/mol. The van der Waals surface area contributed by atoms with Gasteiger partial charge in [0.05, 0.1) is 4.75 Å². The first-order chi connectivity index (χ1) is 5.81. The van der Waals surface area contributed by atoms with Gasteiger partial charge >= 0.3 is 0 Å². The number of unbranched alkanes of at least 4 members (excludes halogenated alkanes) is 1. The zero-order valence-corrected chi connectivity index (χ0v) is 11.4. The van der Waals surface area contributed by atoms with Gasteiger partial charge in [0, 0.05) is 6.54 Å². The fraction of sp³-hybridized carbons (Fsp3) is 1.00. The van der Waals surface area contributed by atoms with Crippen molar-refractivity contribution in [1.29, 1.82) is 0 Å². The molecule has 0 aliphatic heterocycles. The van der Waals surface area contributed by atoms with Crippen molar-refractivity contribution in [3.63, 3.8) is 0 Å². The summed E-state index contributed by atoms with van der Waals surface area (Å²) in [6.45, 7) is 5.66. The van der Waals surface area contributed by atoms with Crippen LogP contribution in [0.15, 0.2) is 0 Å². The summed E-state index contributed by atoms with van der Waals surface area (Å²) in [5.41, 5.74) is 0. The van der Waals surface area contributed by atoms with Crippen LogP contribution in [0.25, 0.3) is 0 Å². The number of hydrogen-bond donors (Lipinski definition) is 1. The van der Waals surface area contributed by atoms with E-state index in [1.807, 2.05) is 0 Å². The van der Waals surface area contributed by atoms with Crippen molar-refractivity contribution in [3.8, 4) is 0 Å². The van der Waals surface area contributed by atoms with Crippen molar-refractivity contribution < 1.29 is 8.42 Å². The van der Waals surface area contributed by atoms with E-state index in [1.165, 1.54) is 0 Å². The van der Waals surface area contributed by atoms with Crippen molar-refractivity contribution in [2.24, 2.45) is 0 Å². The van der Waals surface area contributed by atoms with Crippen molar-refractivity contribution in [2.45, 2.75) is 38.4 Å². The van der Waals surface area contributed by atoms with Crippen molar-refractivity contribution >= 4 is 32.6 Å². The van der Waals surface area contributed by atoms with Crippen LogP contribution in [0, 0.1) is 0 Å². The molecule has 3 nitrogen and oxygen atoms in total. The Bertz CT molecular complexity index is 231. The van der Waals surface area contributed by atoms with E-state index in [-0.39, 0.29) is 0 Å². The highest BCUT2D eigenvalue weighted by Crippen LogP contribution is 2.12. The Morgan fingerprint density at radius 3 is 2.15 bits per heavy atom. The second-order valence-electron chi connectivity index (χ2n) is 3.91. The fourth-order valence-electron chi connectivity index (χ4n) is 0.643. The first-order valence-corrected chi connectivity index (χ1v) is 7.37. The second-order valence-corrected chi connectivity index (χ2v) is 7.51. The molecule has 0 rings (SSSR count). The van der Waals surface area contributed by atoms with Crippen LogP contribution in [0.1, 0.15) is 33.6 Å². The van der Waals surface area contributed by atoms with E-state index in [4.69, 9.17) is 0 Å². The molecule has 80 valence electrons. The topological polar surface area (TPSA) is 46.2 Å². The van der Waals surface area contributed by atoms with Crippen LogP contribution < -0.4 is 4.72 Å². The van der Waals surface area contributed by atoms with Crippen molar-refractivity contribution in [1.82, 2.24) is 4.72 Å². The third-order valence-electron chi connectivity index (χ3n) is 1.66. The molecule has 0 saturated heterocycles. The van der Waals surface area contributed by atoms with Gasteiger partial charge in [-0.1, -0.05) is 22.6 Å². The van der Waals surface area contributed by atoms with Crippen molar-refractivity contribution in [2.75, 3.05) is 11.0 Å². The minimum atomic E-state index is -3.13. The molecule has 5 heteroatoms. The Labute approximate surface area is 94.9 Å². The van der Waals surface area contributed by atoms with E-state index in [1.54, 1.807) is 20.8 Å². The van der Waals surface area contributed by atoms with Gasteiger partial charge in [-0.05, 0) is 38.0 Å². The number of halogens is 1. The molecule has 0 saturated carbocycles. The third-order valence-corrected chi connectivity index (χ3v) is 4.62. The van der Waals surface area contributed by atoms with E-state index < -0.39 is 14.8 Å². The van der Waals surface area contributed by atoms with Crippen LogP contribution in [0.3, 0.4) is 0 Å². The molecule has 0 aromatic carbocycles. The predicted octanol–water partition coefficient (Wildman–Crippen LogP) is 1.92. The number of nitrogens with one attached hydrogen (secondary N) is 1. The zero-order valence-electron chi connectivity index (χ0n) is 8.43. The number of alkyl halides is 1. The van der Waals surface area contributed by atoms with Gasteiger partial charge in [0.2, 0.25) is 10.0 Å². The molecule has 0 unspecified atom stereocenters. The summed E-state index contributed by atoms with van der Waals surface area (Å²) in [7, 11) is -3.13. The quantitative estimate of drug-likeness (QED) is 0.478. The molecule has 0 atom stereocenters. The maximum absolute atomic E-state index is 11.5. The highest BCUT2D eigenvalue weighted by molar-refractivity contribution is 14.1. The first-order valence-electron chi connectivity index (χ1n) is 4.36. The molecule has 0 heterocycles. The summed E-state index contributed by atoms with van der Waals surface area (Å²) in [6, 6.07) is 0. The lowest BCUT2D eigenvalue weighted by atomic mass is 10.3. The molecule has 13 heavy (non-hydrogen) atoms. The van der Waals surface area contributed by atoms with Crippen LogP contribution in [-0.4, -0.2) is 24.1 Å². The fourth-order valence-corrected chi connectivity index (χ4v) is 2.03. The molecule has 0 amide bonds. The maximum atomic E-state index is 11.5. The zero-order chi connectivity index (χ0) is 10.5. The van der Waals surface area contributed by atoms with Gasteiger partial charge < -0.3 is 0 Å². The van der Waals surface area contributed by atoms with Gasteiger partial charge in [0.25, 0.3) is 0 Å². The SMILES string of the molecule is CC(C)(C)S(=O)(=O)NCCCCI. The van der Waals surface area contributed by atoms with Crippen molar-refractivity contribution in [3.05, 3.63) is 0 Å². The van der Waals surface area contributed by atoms with E-state index in [9.17, 15) is 8.42 Å². The smallest absolute Gasteiger partial charge is 0.215 e. The number of hydrogen-bond acceptors (Lipinski definition) is 2. The minimum absolute atomic E-state index is 0.558. The van der Waals surface area contributed by atoms with Crippen LogP contribution in [0.2, 0.25) is 0 Å². The van der Waals surface area contributed by atoms with E-state index in [2.05, 4.69) is 27.3 Å². The summed E-state index contributed by atoms with van der Waals surface area (Å²) >= 11 is 2.29. The molecule has 0 bridgehead atoms. The normalized spacial score (nSPS) is 13.2. The summed E-state index contributed by atoms with van der Waals surface area (Å²) in [5.74, 6) is 0. The lowest BCUT2D eigenvalue weighted by Crippen LogP contribution is -2.39.